The summed E-state index contributed by atoms with van der Waals surface area (Å²) >= 11 is 0. The highest BCUT2D eigenvalue weighted by atomic mass is 16.3. The zero-order valence-electron chi connectivity index (χ0n) is 16.7. The van der Waals surface area contributed by atoms with Crippen molar-refractivity contribution in [3.63, 3.8) is 0 Å². The van der Waals surface area contributed by atoms with Gasteiger partial charge < -0.3 is 9.67 Å². The minimum Gasteiger partial charge on any atom is -0.493 e. The van der Waals surface area contributed by atoms with Gasteiger partial charge in [-0.15, -0.1) is 10.2 Å². The van der Waals surface area contributed by atoms with Gasteiger partial charge in [-0.1, -0.05) is 24.3 Å². The predicted octanol–water partition coefficient (Wildman–Crippen LogP) is 3.22. The molecule has 1 N–H and O–H groups in total. The minimum absolute atomic E-state index is 0.00792. The number of carbonyl (C=O) groups excluding carboxylic acids is 1. The van der Waals surface area contributed by atoms with Crippen molar-refractivity contribution in [3.8, 4) is 5.88 Å². The summed E-state index contributed by atoms with van der Waals surface area (Å²) in [6.07, 6.45) is 1.08. The number of hydrogen-bond acceptors (Lipinski definition) is 5. The van der Waals surface area contributed by atoms with Crippen molar-refractivity contribution in [3.05, 3.63) is 58.5 Å². The molecule has 2 aliphatic rings. The molecule has 4 heterocycles. The van der Waals surface area contributed by atoms with Crippen molar-refractivity contribution in [2.75, 3.05) is 13.1 Å². The van der Waals surface area contributed by atoms with E-state index in [0.717, 1.165) is 42.7 Å². The molecular formula is C22H23N5O3. The summed E-state index contributed by atoms with van der Waals surface area (Å²) in [5.74, 6) is 0.293. The Balaban J connectivity index is 1.48. The first kappa shape index (κ1) is 18.7. The van der Waals surface area contributed by atoms with Crippen LogP contribution < -0.4 is 5.56 Å². The number of carbonyl (C=O) groups is 1. The molecule has 5 rings (SSSR count). The fraction of sp³-hybridized carbons (Fsp3) is 0.364. The van der Waals surface area contributed by atoms with Crippen LogP contribution in [0.4, 0.5) is 5.69 Å². The number of pyridine rings is 1. The van der Waals surface area contributed by atoms with Crippen molar-refractivity contribution in [2.45, 2.75) is 32.5 Å². The van der Waals surface area contributed by atoms with Crippen molar-refractivity contribution in [1.29, 1.82) is 0 Å². The van der Waals surface area contributed by atoms with Gasteiger partial charge in [0.2, 0.25) is 5.88 Å². The lowest BCUT2D eigenvalue weighted by atomic mass is 9.83. The van der Waals surface area contributed by atoms with Gasteiger partial charge in [0.15, 0.2) is 5.69 Å². The maximum absolute atomic E-state index is 12.2. The molecule has 0 aliphatic carbocycles. The lowest BCUT2D eigenvalue weighted by Crippen LogP contribution is -2.47. The smallest absolute Gasteiger partial charge is 0.261 e. The highest BCUT2D eigenvalue weighted by molar-refractivity contribution is 5.95. The molecule has 1 saturated heterocycles. The van der Waals surface area contributed by atoms with Gasteiger partial charge in [-0.05, 0) is 24.5 Å². The number of likely N-dealkylation sites (tertiary alicyclic amines) is 1. The fourth-order valence-electron chi connectivity index (χ4n) is 4.94. The highest BCUT2D eigenvalue weighted by Crippen LogP contribution is 2.40. The SMILES string of the molecule is CC(=O)N=Nc1c(O)n(CN2CC3C[C@@H](C2)c2cccc(=O)n2C3)c2ccccc12. The number of benzene rings is 1. The van der Waals surface area contributed by atoms with E-state index in [-0.39, 0.29) is 11.4 Å². The van der Waals surface area contributed by atoms with Crippen LogP contribution in [0.15, 0.2) is 57.5 Å². The van der Waals surface area contributed by atoms with Crippen LogP contribution in [0.5, 0.6) is 5.88 Å². The van der Waals surface area contributed by atoms with E-state index in [0.29, 0.717) is 24.2 Å². The van der Waals surface area contributed by atoms with E-state index in [1.165, 1.54) is 6.92 Å². The third-order valence-corrected chi connectivity index (χ3v) is 6.11. The lowest BCUT2D eigenvalue weighted by Gasteiger charge is -2.42. The van der Waals surface area contributed by atoms with Crippen molar-refractivity contribution >= 4 is 22.5 Å². The van der Waals surface area contributed by atoms with Crippen molar-refractivity contribution in [2.24, 2.45) is 16.1 Å². The number of aromatic hydroxyl groups is 1. The molecule has 154 valence electrons. The lowest BCUT2D eigenvalue weighted by molar-refractivity contribution is -0.116. The molecule has 2 bridgehead atoms. The molecule has 2 aliphatic heterocycles. The van der Waals surface area contributed by atoms with Crippen LogP contribution in [0, 0.1) is 5.92 Å². The number of nitrogens with zero attached hydrogens (tertiary/aromatic N) is 5. The van der Waals surface area contributed by atoms with Crippen LogP contribution in [-0.4, -0.2) is 38.1 Å². The summed E-state index contributed by atoms with van der Waals surface area (Å²) in [7, 11) is 0. The summed E-state index contributed by atoms with van der Waals surface area (Å²) < 4.78 is 3.74. The van der Waals surface area contributed by atoms with Crippen LogP contribution in [-0.2, 0) is 18.0 Å². The normalized spacial score (nSPS) is 21.2. The first-order valence-electron chi connectivity index (χ1n) is 10.2. The Morgan fingerprint density at radius 2 is 1.97 bits per heavy atom. The third kappa shape index (κ3) is 3.13. The molecular weight excluding hydrogens is 382 g/mol. The van der Waals surface area contributed by atoms with Crippen molar-refractivity contribution < 1.29 is 9.90 Å². The molecule has 30 heavy (non-hydrogen) atoms. The average molecular weight is 405 g/mol. The molecule has 1 amide bonds. The summed E-state index contributed by atoms with van der Waals surface area (Å²) in [4.78, 5) is 25.8. The molecule has 3 aromatic rings. The Labute approximate surface area is 173 Å². The molecule has 8 nitrogen and oxygen atoms in total. The fourth-order valence-corrected chi connectivity index (χ4v) is 4.94. The van der Waals surface area contributed by atoms with Gasteiger partial charge in [0.05, 0.1) is 12.2 Å². The van der Waals surface area contributed by atoms with E-state index in [1.807, 2.05) is 39.5 Å². The summed E-state index contributed by atoms with van der Waals surface area (Å²) in [5, 5.41) is 19.2. The molecule has 0 spiro atoms. The average Bonchev–Trinajstić information content (AvgIpc) is 2.98. The molecule has 1 unspecified atom stereocenters. The Morgan fingerprint density at radius 3 is 2.80 bits per heavy atom. The number of para-hydroxylation sites is 1. The zero-order valence-corrected chi connectivity index (χ0v) is 16.7. The van der Waals surface area contributed by atoms with Gasteiger partial charge in [0.25, 0.3) is 11.5 Å². The Bertz CT molecular complexity index is 1230. The second-order valence-electron chi connectivity index (χ2n) is 8.21. The molecule has 1 fully saturated rings. The summed E-state index contributed by atoms with van der Waals surface area (Å²) in [5.41, 5.74) is 2.33. The topological polar surface area (TPSA) is 92.2 Å². The molecule has 1 aromatic carbocycles. The van der Waals surface area contributed by atoms with E-state index in [2.05, 4.69) is 21.2 Å². The van der Waals surface area contributed by atoms with Gasteiger partial charge in [-0.25, -0.2) is 0 Å². The van der Waals surface area contributed by atoms with Crippen LogP contribution >= 0.6 is 0 Å². The van der Waals surface area contributed by atoms with Crippen LogP contribution in [0.2, 0.25) is 0 Å². The number of azo groups is 1. The molecule has 0 saturated carbocycles. The molecule has 8 heteroatoms. The van der Waals surface area contributed by atoms with Crippen LogP contribution in [0.3, 0.4) is 0 Å². The summed E-state index contributed by atoms with van der Waals surface area (Å²) in [6, 6.07) is 13.1. The number of rotatable bonds is 3. The third-order valence-electron chi connectivity index (χ3n) is 6.11. The number of piperidine rings is 1. The summed E-state index contributed by atoms with van der Waals surface area (Å²) in [6.45, 7) is 4.24. The standard InChI is InChI=1S/C22H23N5O3/c1-14(28)23-24-21-17-5-2-3-6-19(17)27(22(21)30)13-25-10-15-9-16(12-25)18-7-4-8-20(29)26(18)11-15/h2-8,15-16,30H,9-13H2,1H3/t15?,16-/m0/s1. The van der Waals surface area contributed by atoms with Gasteiger partial charge in [-0.3, -0.25) is 19.1 Å². The van der Waals surface area contributed by atoms with E-state index in [4.69, 9.17) is 0 Å². The Morgan fingerprint density at radius 1 is 1.13 bits per heavy atom. The van der Waals surface area contributed by atoms with Gasteiger partial charge >= 0.3 is 0 Å². The monoisotopic (exact) mass is 405 g/mol. The highest BCUT2D eigenvalue weighted by Gasteiger charge is 2.35. The molecule has 0 radical (unpaired) electrons. The number of aromatic nitrogens is 2. The Kier molecular flexibility index (Phi) is 4.51. The zero-order chi connectivity index (χ0) is 20.8. The van der Waals surface area contributed by atoms with E-state index >= 15 is 0 Å². The number of hydrogen-bond donors (Lipinski definition) is 1. The van der Waals surface area contributed by atoms with Crippen LogP contribution in [0.1, 0.15) is 25.0 Å². The minimum atomic E-state index is -0.413. The van der Waals surface area contributed by atoms with E-state index < -0.39 is 5.91 Å². The quantitative estimate of drug-likeness (QED) is 0.677. The second-order valence-corrected chi connectivity index (χ2v) is 8.21. The molecule has 2 atom stereocenters. The van der Waals surface area contributed by atoms with Crippen LogP contribution in [0.25, 0.3) is 10.9 Å². The maximum atomic E-state index is 12.2. The number of fused-ring (bicyclic) bond motifs is 5. The van der Waals surface area contributed by atoms with Gasteiger partial charge in [0, 0.05) is 49.6 Å². The van der Waals surface area contributed by atoms with E-state index in [9.17, 15) is 14.7 Å². The molecule has 2 aromatic heterocycles. The first-order chi connectivity index (χ1) is 14.5. The largest absolute Gasteiger partial charge is 0.493 e. The number of amides is 1. The predicted molar refractivity (Wildman–Crippen MR) is 112 cm³/mol. The second kappa shape index (κ2) is 7.21. The van der Waals surface area contributed by atoms with Gasteiger partial charge in [-0.2, -0.15) is 0 Å². The first-order valence-corrected chi connectivity index (χ1v) is 10.2. The maximum Gasteiger partial charge on any atom is 0.261 e. The Hall–Kier alpha value is -3.26. The van der Waals surface area contributed by atoms with Gasteiger partial charge in [0.1, 0.15) is 0 Å². The van der Waals surface area contributed by atoms with Crippen molar-refractivity contribution in [1.82, 2.24) is 14.0 Å². The van der Waals surface area contributed by atoms with E-state index in [1.54, 1.807) is 6.07 Å².